The molecule has 1 aromatic carbocycles. The fraction of sp³-hybridized carbons (Fsp3) is 0.182. The summed E-state index contributed by atoms with van der Waals surface area (Å²) >= 11 is 0. The van der Waals surface area contributed by atoms with E-state index in [1.807, 2.05) is 0 Å². The SMILES string of the molecule is O=C(O)C(CO)N1C(=O)c2ccccc2C1=O. The molecule has 1 atom stereocenters. The predicted molar refractivity (Wildman–Crippen MR) is 55.5 cm³/mol. The lowest BCUT2D eigenvalue weighted by atomic mass is 10.1. The molecule has 0 saturated heterocycles. The summed E-state index contributed by atoms with van der Waals surface area (Å²) in [6, 6.07) is 4.53. The Bertz CT molecular complexity index is 475. The first-order chi connectivity index (χ1) is 8.07. The molecular formula is C11H9NO5. The Kier molecular flexibility index (Phi) is 2.64. The first kappa shape index (κ1) is 11.3. The number of carbonyl (C=O) groups excluding carboxylic acids is 2. The lowest BCUT2D eigenvalue weighted by Crippen LogP contribution is -2.47. The number of nitrogens with zero attached hydrogens (tertiary/aromatic N) is 1. The van der Waals surface area contributed by atoms with E-state index in [2.05, 4.69) is 0 Å². The maximum Gasteiger partial charge on any atom is 0.329 e. The molecule has 6 heteroatoms. The third kappa shape index (κ3) is 1.58. The highest BCUT2D eigenvalue weighted by molar-refractivity contribution is 6.22. The van der Waals surface area contributed by atoms with Crippen molar-refractivity contribution in [1.29, 1.82) is 0 Å². The number of aliphatic hydroxyl groups excluding tert-OH is 1. The third-order valence-corrected chi connectivity index (χ3v) is 2.60. The number of amides is 2. The molecule has 0 aromatic heterocycles. The molecule has 0 radical (unpaired) electrons. The van der Waals surface area contributed by atoms with Crippen LogP contribution in [0.3, 0.4) is 0 Å². The summed E-state index contributed by atoms with van der Waals surface area (Å²) < 4.78 is 0. The number of carboxylic acid groups (broad SMARTS) is 1. The Morgan fingerprint density at radius 2 is 1.65 bits per heavy atom. The summed E-state index contributed by atoms with van der Waals surface area (Å²) in [6.07, 6.45) is 0. The predicted octanol–water partition coefficient (Wildman–Crippen LogP) is -0.272. The van der Waals surface area contributed by atoms with Crippen LogP contribution in [-0.4, -0.2) is 45.5 Å². The van der Waals surface area contributed by atoms with Crippen molar-refractivity contribution in [1.82, 2.24) is 4.90 Å². The fourth-order valence-electron chi connectivity index (χ4n) is 1.76. The summed E-state index contributed by atoms with van der Waals surface area (Å²) in [5.41, 5.74) is 0.328. The van der Waals surface area contributed by atoms with E-state index < -0.39 is 30.4 Å². The molecule has 1 unspecified atom stereocenters. The van der Waals surface area contributed by atoms with Crippen LogP contribution in [0.1, 0.15) is 20.7 Å². The van der Waals surface area contributed by atoms with Crippen LogP contribution in [-0.2, 0) is 4.79 Å². The monoisotopic (exact) mass is 235 g/mol. The normalized spacial score (nSPS) is 15.9. The Balaban J connectivity index is 2.46. The zero-order valence-electron chi connectivity index (χ0n) is 8.66. The van der Waals surface area contributed by atoms with E-state index in [-0.39, 0.29) is 11.1 Å². The van der Waals surface area contributed by atoms with Gasteiger partial charge in [-0.1, -0.05) is 12.1 Å². The number of hydrogen-bond donors (Lipinski definition) is 2. The smallest absolute Gasteiger partial charge is 0.329 e. The van der Waals surface area contributed by atoms with Crippen molar-refractivity contribution in [2.75, 3.05) is 6.61 Å². The second-order valence-corrected chi connectivity index (χ2v) is 3.56. The van der Waals surface area contributed by atoms with Crippen molar-refractivity contribution < 1.29 is 24.6 Å². The maximum atomic E-state index is 11.8. The third-order valence-electron chi connectivity index (χ3n) is 2.60. The Morgan fingerprint density at radius 3 is 2.00 bits per heavy atom. The second kappa shape index (κ2) is 3.99. The van der Waals surface area contributed by atoms with Crippen LogP contribution in [0.5, 0.6) is 0 Å². The number of rotatable bonds is 3. The number of carboxylic acids is 1. The van der Waals surface area contributed by atoms with E-state index in [4.69, 9.17) is 10.2 Å². The highest BCUT2D eigenvalue weighted by Crippen LogP contribution is 2.24. The second-order valence-electron chi connectivity index (χ2n) is 3.56. The van der Waals surface area contributed by atoms with Crippen molar-refractivity contribution in [2.45, 2.75) is 6.04 Å². The molecule has 1 heterocycles. The standard InChI is InChI=1S/C11H9NO5/c13-5-8(11(16)17)12-9(14)6-3-1-2-4-7(6)10(12)15/h1-4,8,13H,5H2,(H,16,17). The highest BCUT2D eigenvalue weighted by Gasteiger charge is 2.42. The minimum atomic E-state index is -1.54. The Morgan fingerprint density at radius 1 is 1.18 bits per heavy atom. The van der Waals surface area contributed by atoms with E-state index in [1.165, 1.54) is 12.1 Å². The van der Waals surface area contributed by atoms with E-state index in [9.17, 15) is 14.4 Å². The van der Waals surface area contributed by atoms with Crippen LogP contribution in [0.25, 0.3) is 0 Å². The number of fused-ring (bicyclic) bond motifs is 1. The van der Waals surface area contributed by atoms with Gasteiger partial charge in [0.25, 0.3) is 11.8 Å². The van der Waals surface area contributed by atoms with Crippen molar-refractivity contribution in [3.63, 3.8) is 0 Å². The summed E-state index contributed by atoms with van der Waals surface area (Å²) in [5.74, 6) is -2.79. The highest BCUT2D eigenvalue weighted by atomic mass is 16.4. The number of carbonyl (C=O) groups is 3. The zero-order chi connectivity index (χ0) is 12.6. The van der Waals surface area contributed by atoms with Gasteiger partial charge in [0, 0.05) is 0 Å². The number of benzene rings is 1. The molecule has 2 rings (SSSR count). The lowest BCUT2D eigenvalue weighted by molar-refractivity contribution is -0.142. The molecule has 0 spiro atoms. The molecule has 88 valence electrons. The Hall–Kier alpha value is -2.21. The molecular weight excluding hydrogens is 226 g/mol. The lowest BCUT2D eigenvalue weighted by Gasteiger charge is -2.20. The van der Waals surface area contributed by atoms with Gasteiger partial charge in [-0.3, -0.25) is 14.5 Å². The minimum Gasteiger partial charge on any atom is -0.480 e. The van der Waals surface area contributed by atoms with Gasteiger partial charge in [0.2, 0.25) is 0 Å². The summed E-state index contributed by atoms with van der Waals surface area (Å²) in [6.45, 7) is -0.805. The van der Waals surface area contributed by atoms with Crippen LogP contribution in [0.2, 0.25) is 0 Å². The first-order valence-corrected chi connectivity index (χ1v) is 4.88. The average molecular weight is 235 g/mol. The van der Waals surface area contributed by atoms with Gasteiger partial charge >= 0.3 is 5.97 Å². The van der Waals surface area contributed by atoms with Gasteiger partial charge < -0.3 is 10.2 Å². The van der Waals surface area contributed by atoms with Crippen molar-refractivity contribution in [2.24, 2.45) is 0 Å². The molecule has 2 N–H and O–H groups in total. The van der Waals surface area contributed by atoms with Gasteiger partial charge in [-0.05, 0) is 12.1 Å². The molecule has 0 saturated carbocycles. The molecule has 17 heavy (non-hydrogen) atoms. The summed E-state index contributed by atoms with van der Waals surface area (Å²) in [5, 5.41) is 17.8. The first-order valence-electron chi connectivity index (χ1n) is 4.88. The van der Waals surface area contributed by atoms with Gasteiger partial charge in [0.05, 0.1) is 17.7 Å². The Labute approximate surface area is 96.1 Å². The number of imide groups is 1. The van der Waals surface area contributed by atoms with Crippen molar-refractivity contribution >= 4 is 17.8 Å². The van der Waals surface area contributed by atoms with Crippen molar-refractivity contribution in [3.8, 4) is 0 Å². The molecule has 0 bridgehead atoms. The van der Waals surface area contributed by atoms with Crippen LogP contribution >= 0.6 is 0 Å². The molecule has 6 nitrogen and oxygen atoms in total. The largest absolute Gasteiger partial charge is 0.480 e. The summed E-state index contributed by atoms with van der Waals surface area (Å²) in [4.78, 5) is 35.1. The maximum absolute atomic E-state index is 11.8. The van der Waals surface area contributed by atoms with E-state index in [0.717, 1.165) is 0 Å². The van der Waals surface area contributed by atoms with Crippen LogP contribution < -0.4 is 0 Å². The van der Waals surface area contributed by atoms with Crippen LogP contribution in [0, 0.1) is 0 Å². The van der Waals surface area contributed by atoms with Crippen LogP contribution in [0.4, 0.5) is 0 Å². The average Bonchev–Trinajstić information content (AvgIpc) is 2.56. The molecule has 1 aliphatic heterocycles. The molecule has 1 aromatic rings. The van der Waals surface area contributed by atoms with Gasteiger partial charge in [-0.25, -0.2) is 4.79 Å². The van der Waals surface area contributed by atoms with E-state index >= 15 is 0 Å². The number of aliphatic hydroxyl groups is 1. The molecule has 0 aliphatic carbocycles. The van der Waals surface area contributed by atoms with Gasteiger partial charge in [0.15, 0.2) is 6.04 Å². The number of hydrogen-bond acceptors (Lipinski definition) is 4. The van der Waals surface area contributed by atoms with Crippen molar-refractivity contribution in [3.05, 3.63) is 35.4 Å². The molecule has 0 fully saturated rings. The van der Waals surface area contributed by atoms with Gasteiger partial charge in [-0.15, -0.1) is 0 Å². The van der Waals surface area contributed by atoms with E-state index in [1.54, 1.807) is 12.1 Å². The number of aliphatic carboxylic acids is 1. The van der Waals surface area contributed by atoms with Gasteiger partial charge in [0.1, 0.15) is 0 Å². The molecule has 2 amide bonds. The zero-order valence-corrected chi connectivity index (χ0v) is 8.66. The molecule has 1 aliphatic rings. The van der Waals surface area contributed by atoms with Gasteiger partial charge in [-0.2, -0.15) is 0 Å². The minimum absolute atomic E-state index is 0.164. The van der Waals surface area contributed by atoms with E-state index in [0.29, 0.717) is 4.90 Å². The topological polar surface area (TPSA) is 94.9 Å². The fourth-order valence-corrected chi connectivity index (χ4v) is 1.76. The summed E-state index contributed by atoms with van der Waals surface area (Å²) in [7, 11) is 0. The van der Waals surface area contributed by atoms with Crippen LogP contribution in [0.15, 0.2) is 24.3 Å². The quantitative estimate of drug-likeness (QED) is 0.703.